The van der Waals surface area contributed by atoms with Crippen molar-refractivity contribution in [3.8, 4) is 0 Å². The van der Waals surface area contributed by atoms with Gasteiger partial charge in [-0.2, -0.15) is 0 Å². The first-order chi connectivity index (χ1) is 9.08. The minimum atomic E-state index is -0.444. The number of amides is 3. The van der Waals surface area contributed by atoms with E-state index in [-0.39, 0.29) is 24.4 Å². The molecule has 1 aliphatic heterocycles. The van der Waals surface area contributed by atoms with Crippen molar-refractivity contribution >= 4 is 24.3 Å². The molecule has 0 aromatic heterocycles. The normalized spacial score (nSPS) is 17.9. The van der Waals surface area contributed by atoms with Gasteiger partial charge >= 0.3 is 6.03 Å². The number of halogens is 1. The average molecular weight is 307 g/mol. The monoisotopic (exact) mass is 306 g/mol. The molecular formula is C13H27ClN4O2. The van der Waals surface area contributed by atoms with Gasteiger partial charge in [-0.05, 0) is 58.8 Å². The third-order valence-electron chi connectivity index (χ3n) is 3.84. The molecule has 118 valence electrons. The summed E-state index contributed by atoms with van der Waals surface area (Å²) in [6, 6.07) is -0.691. The highest BCUT2D eigenvalue weighted by molar-refractivity contribution is 5.96. The number of piperidine rings is 1. The van der Waals surface area contributed by atoms with Crippen molar-refractivity contribution in [1.82, 2.24) is 20.9 Å². The van der Waals surface area contributed by atoms with E-state index in [1.54, 1.807) is 0 Å². The lowest BCUT2D eigenvalue weighted by molar-refractivity contribution is -0.125. The standard InChI is InChI=1S/C13H26N4O2.ClH/c1-10(12(18)16-13(19)15-3)17-8-5-11(6-9-17)4-7-14-2;/h10-11,14H,4-9H2,1-3H3,(H2,15,16,18,19);1H. The van der Waals surface area contributed by atoms with Crippen molar-refractivity contribution in [2.45, 2.75) is 32.2 Å². The van der Waals surface area contributed by atoms with E-state index < -0.39 is 6.03 Å². The van der Waals surface area contributed by atoms with Crippen molar-refractivity contribution in [1.29, 1.82) is 0 Å². The smallest absolute Gasteiger partial charge is 0.321 e. The predicted octanol–water partition coefficient (Wildman–Crippen LogP) is 0.574. The van der Waals surface area contributed by atoms with Gasteiger partial charge in [0.1, 0.15) is 0 Å². The highest BCUT2D eigenvalue weighted by atomic mass is 35.5. The first-order valence-corrected chi connectivity index (χ1v) is 6.99. The number of hydrogen-bond acceptors (Lipinski definition) is 4. The highest BCUT2D eigenvalue weighted by Crippen LogP contribution is 2.21. The van der Waals surface area contributed by atoms with Gasteiger partial charge in [0.05, 0.1) is 6.04 Å². The Hall–Kier alpha value is -0.850. The van der Waals surface area contributed by atoms with Gasteiger partial charge in [0.2, 0.25) is 5.91 Å². The second kappa shape index (κ2) is 9.96. The SMILES string of the molecule is CNCCC1CCN(C(C)C(=O)NC(=O)NC)CC1.Cl. The summed E-state index contributed by atoms with van der Waals surface area (Å²) < 4.78 is 0. The van der Waals surface area contributed by atoms with Crippen LogP contribution in [-0.4, -0.2) is 56.6 Å². The van der Waals surface area contributed by atoms with Crippen LogP contribution in [0, 0.1) is 5.92 Å². The molecule has 1 heterocycles. The number of carbonyl (C=O) groups excluding carboxylic acids is 2. The number of likely N-dealkylation sites (tertiary alicyclic amines) is 1. The molecule has 0 bridgehead atoms. The fourth-order valence-electron chi connectivity index (χ4n) is 2.42. The van der Waals surface area contributed by atoms with Crippen LogP contribution in [0.3, 0.4) is 0 Å². The van der Waals surface area contributed by atoms with Crippen molar-refractivity contribution in [3.63, 3.8) is 0 Å². The lowest BCUT2D eigenvalue weighted by Crippen LogP contribution is -2.51. The number of rotatable bonds is 5. The average Bonchev–Trinajstić information content (AvgIpc) is 2.44. The van der Waals surface area contributed by atoms with E-state index in [0.29, 0.717) is 0 Å². The molecule has 1 saturated heterocycles. The van der Waals surface area contributed by atoms with Crippen LogP contribution in [0.2, 0.25) is 0 Å². The largest absolute Gasteiger partial charge is 0.341 e. The van der Waals surface area contributed by atoms with Crippen LogP contribution in [0.1, 0.15) is 26.2 Å². The van der Waals surface area contributed by atoms with Gasteiger partial charge in [0.15, 0.2) is 0 Å². The maximum atomic E-state index is 11.8. The number of urea groups is 1. The summed E-state index contributed by atoms with van der Waals surface area (Å²) in [7, 11) is 3.47. The van der Waals surface area contributed by atoms with Gasteiger partial charge in [-0.1, -0.05) is 0 Å². The minimum Gasteiger partial charge on any atom is -0.341 e. The number of imide groups is 1. The van der Waals surface area contributed by atoms with Crippen molar-refractivity contribution in [2.75, 3.05) is 33.7 Å². The van der Waals surface area contributed by atoms with E-state index in [1.807, 2.05) is 14.0 Å². The van der Waals surface area contributed by atoms with Crippen LogP contribution >= 0.6 is 12.4 Å². The summed E-state index contributed by atoms with van der Waals surface area (Å²) in [6.45, 7) is 4.76. The zero-order valence-electron chi connectivity index (χ0n) is 12.6. The summed E-state index contributed by atoms with van der Waals surface area (Å²) in [5.74, 6) is 0.519. The summed E-state index contributed by atoms with van der Waals surface area (Å²) in [4.78, 5) is 25.1. The molecule has 6 nitrogen and oxygen atoms in total. The Morgan fingerprint density at radius 3 is 2.35 bits per heavy atom. The second-order valence-corrected chi connectivity index (χ2v) is 5.12. The summed E-state index contributed by atoms with van der Waals surface area (Å²) in [5.41, 5.74) is 0. The fourth-order valence-corrected chi connectivity index (χ4v) is 2.42. The van der Waals surface area contributed by atoms with E-state index in [9.17, 15) is 9.59 Å². The zero-order valence-corrected chi connectivity index (χ0v) is 13.4. The lowest BCUT2D eigenvalue weighted by atomic mass is 9.93. The molecule has 0 aliphatic carbocycles. The molecule has 1 aliphatic rings. The molecule has 0 spiro atoms. The molecule has 1 atom stereocenters. The van der Waals surface area contributed by atoms with E-state index in [2.05, 4.69) is 20.9 Å². The van der Waals surface area contributed by atoms with E-state index >= 15 is 0 Å². The fraction of sp³-hybridized carbons (Fsp3) is 0.846. The van der Waals surface area contributed by atoms with Crippen LogP contribution in [0.15, 0.2) is 0 Å². The van der Waals surface area contributed by atoms with Crippen LogP contribution in [0.25, 0.3) is 0 Å². The Bertz CT molecular complexity index is 307. The second-order valence-electron chi connectivity index (χ2n) is 5.12. The van der Waals surface area contributed by atoms with Crippen LogP contribution in [-0.2, 0) is 4.79 Å². The van der Waals surface area contributed by atoms with Crippen molar-refractivity contribution < 1.29 is 9.59 Å². The van der Waals surface area contributed by atoms with Gasteiger partial charge in [-0.3, -0.25) is 15.0 Å². The Kier molecular flexibility index (Phi) is 9.54. The molecule has 7 heteroatoms. The molecule has 1 fully saturated rings. The summed E-state index contributed by atoms with van der Waals surface area (Å²) in [5, 5.41) is 7.89. The molecule has 3 amide bonds. The lowest BCUT2D eigenvalue weighted by Gasteiger charge is -2.35. The van der Waals surface area contributed by atoms with Gasteiger partial charge in [-0.25, -0.2) is 4.79 Å². The Morgan fingerprint density at radius 2 is 1.85 bits per heavy atom. The number of nitrogens with one attached hydrogen (secondary N) is 3. The summed E-state index contributed by atoms with van der Waals surface area (Å²) >= 11 is 0. The van der Waals surface area contributed by atoms with Crippen molar-refractivity contribution in [2.24, 2.45) is 5.92 Å². The molecule has 0 aromatic carbocycles. The first kappa shape index (κ1) is 19.1. The molecular weight excluding hydrogens is 280 g/mol. The van der Waals surface area contributed by atoms with Gasteiger partial charge in [0.25, 0.3) is 0 Å². The van der Waals surface area contributed by atoms with Crippen LogP contribution in [0.4, 0.5) is 4.79 Å². The van der Waals surface area contributed by atoms with Gasteiger partial charge in [-0.15, -0.1) is 12.4 Å². The van der Waals surface area contributed by atoms with E-state index in [4.69, 9.17) is 0 Å². The first-order valence-electron chi connectivity index (χ1n) is 6.99. The number of carbonyl (C=O) groups is 2. The Balaban J connectivity index is 0.00000361. The maximum absolute atomic E-state index is 11.8. The molecule has 0 radical (unpaired) electrons. The summed E-state index contributed by atoms with van der Waals surface area (Å²) in [6.07, 6.45) is 3.45. The van der Waals surface area contributed by atoms with Gasteiger partial charge < -0.3 is 10.6 Å². The quantitative estimate of drug-likeness (QED) is 0.694. The van der Waals surface area contributed by atoms with Crippen molar-refractivity contribution in [3.05, 3.63) is 0 Å². The Morgan fingerprint density at radius 1 is 1.25 bits per heavy atom. The van der Waals surface area contributed by atoms with Crippen LogP contribution in [0.5, 0.6) is 0 Å². The molecule has 0 saturated carbocycles. The number of nitrogens with zero attached hydrogens (tertiary/aromatic N) is 1. The van der Waals surface area contributed by atoms with E-state index in [1.165, 1.54) is 13.5 Å². The molecule has 1 rings (SSSR count). The van der Waals surface area contributed by atoms with E-state index in [0.717, 1.165) is 38.4 Å². The third-order valence-corrected chi connectivity index (χ3v) is 3.84. The van der Waals surface area contributed by atoms with Gasteiger partial charge in [0, 0.05) is 7.05 Å². The molecule has 20 heavy (non-hydrogen) atoms. The highest BCUT2D eigenvalue weighted by Gasteiger charge is 2.26. The maximum Gasteiger partial charge on any atom is 0.321 e. The Labute approximate surface area is 127 Å². The topological polar surface area (TPSA) is 73.5 Å². The zero-order chi connectivity index (χ0) is 14.3. The van der Waals surface area contributed by atoms with Crippen LogP contribution < -0.4 is 16.0 Å². The minimum absolute atomic E-state index is 0. The molecule has 3 N–H and O–H groups in total. The predicted molar refractivity (Wildman–Crippen MR) is 82.1 cm³/mol. The number of hydrogen-bond donors (Lipinski definition) is 3. The molecule has 0 aromatic rings. The molecule has 1 unspecified atom stereocenters. The third kappa shape index (κ3) is 6.07.